The van der Waals surface area contributed by atoms with Crippen LogP contribution in [-0.4, -0.2) is 37.0 Å². The zero-order chi connectivity index (χ0) is 20.5. The molecule has 148 valence electrons. The highest BCUT2D eigenvalue weighted by atomic mass is 19.1. The van der Waals surface area contributed by atoms with Gasteiger partial charge in [0.15, 0.2) is 0 Å². The maximum absolute atomic E-state index is 13.1. The molecule has 0 radical (unpaired) electrons. The summed E-state index contributed by atoms with van der Waals surface area (Å²) < 4.78 is 17.9. The van der Waals surface area contributed by atoms with Crippen LogP contribution in [-0.2, 0) is 32.0 Å². The number of methoxy groups -OCH3 is 1. The number of benzene rings is 2. The number of carbonyl (C=O) groups is 3. The molecule has 2 N–H and O–H groups in total. The molecule has 0 saturated heterocycles. The summed E-state index contributed by atoms with van der Waals surface area (Å²) in [6.07, 6.45) is 0.410. The van der Waals surface area contributed by atoms with Gasteiger partial charge in [-0.15, -0.1) is 0 Å². The minimum Gasteiger partial charge on any atom is -0.467 e. The van der Waals surface area contributed by atoms with Gasteiger partial charge in [-0.3, -0.25) is 9.59 Å². The molecule has 0 spiro atoms. The monoisotopic (exact) mass is 386 g/mol. The predicted octanol–water partition coefficient (Wildman–Crippen LogP) is 1.77. The average molecular weight is 386 g/mol. The molecule has 0 aromatic heterocycles. The van der Waals surface area contributed by atoms with Crippen molar-refractivity contribution in [3.8, 4) is 0 Å². The molecule has 2 rings (SSSR count). The second-order valence-corrected chi connectivity index (χ2v) is 6.36. The third-order valence-corrected chi connectivity index (χ3v) is 4.13. The average Bonchev–Trinajstić information content (AvgIpc) is 2.68. The van der Waals surface area contributed by atoms with Crippen LogP contribution in [0.1, 0.15) is 18.1 Å². The lowest BCUT2D eigenvalue weighted by Gasteiger charge is -2.22. The van der Waals surface area contributed by atoms with Crippen molar-refractivity contribution in [1.29, 1.82) is 0 Å². The molecule has 2 amide bonds. The van der Waals surface area contributed by atoms with Crippen LogP contribution in [0.15, 0.2) is 54.6 Å². The SMILES string of the molecule is COC(=O)[C@H](Cc1ccccc1)NC(=O)[C@H](Cc1ccc(F)cc1)NC(C)=O. The number of hydrogen-bond donors (Lipinski definition) is 2. The molecule has 0 saturated carbocycles. The van der Waals surface area contributed by atoms with E-state index < -0.39 is 29.8 Å². The first-order valence-corrected chi connectivity index (χ1v) is 8.82. The Kier molecular flexibility index (Phi) is 7.68. The van der Waals surface area contributed by atoms with E-state index in [2.05, 4.69) is 10.6 Å². The van der Waals surface area contributed by atoms with E-state index in [0.29, 0.717) is 5.56 Å². The molecule has 28 heavy (non-hydrogen) atoms. The first-order valence-electron chi connectivity index (χ1n) is 8.82. The summed E-state index contributed by atoms with van der Waals surface area (Å²) in [5.41, 5.74) is 1.53. The standard InChI is InChI=1S/C21H23FN2O4/c1-14(25)23-18(12-16-8-10-17(22)11-9-16)20(26)24-19(21(27)28-2)13-15-6-4-3-5-7-15/h3-11,18-19H,12-13H2,1-2H3,(H,23,25)(H,24,26)/t18-,19-/m0/s1. The van der Waals surface area contributed by atoms with Crippen molar-refractivity contribution in [2.75, 3.05) is 7.11 Å². The molecule has 2 aromatic carbocycles. The fourth-order valence-electron chi connectivity index (χ4n) is 2.77. The van der Waals surface area contributed by atoms with Gasteiger partial charge in [-0.1, -0.05) is 42.5 Å². The maximum atomic E-state index is 13.1. The van der Waals surface area contributed by atoms with Crippen molar-refractivity contribution >= 4 is 17.8 Å². The third-order valence-electron chi connectivity index (χ3n) is 4.13. The van der Waals surface area contributed by atoms with E-state index in [1.54, 1.807) is 12.1 Å². The minimum atomic E-state index is -0.911. The number of hydrogen-bond acceptors (Lipinski definition) is 4. The Hall–Kier alpha value is -3.22. The Balaban J connectivity index is 2.14. The molecule has 0 aliphatic rings. The fraction of sp³-hybridized carbons (Fsp3) is 0.286. The van der Waals surface area contributed by atoms with Crippen LogP contribution in [0.2, 0.25) is 0 Å². The zero-order valence-corrected chi connectivity index (χ0v) is 15.8. The van der Waals surface area contributed by atoms with Gasteiger partial charge in [0.05, 0.1) is 7.11 Å². The van der Waals surface area contributed by atoms with Gasteiger partial charge in [0.25, 0.3) is 0 Å². The first-order chi connectivity index (χ1) is 13.4. The lowest BCUT2D eigenvalue weighted by molar-refractivity contribution is -0.145. The van der Waals surface area contributed by atoms with Gasteiger partial charge in [-0.2, -0.15) is 0 Å². The Morgan fingerprint density at radius 2 is 1.46 bits per heavy atom. The van der Waals surface area contributed by atoms with Crippen molar-refractivity contribution in [2.45, 2.75) is 31.8 Å². The van der Waals surface area contributed by atoms with E-state index in [1.807, 2.05) is 30.3 Å². The molecular formula is C21H23FN2O4. The molecule has 0 unspecified atom stereocenters. The molecule has 2 aromatic rings. The summed E-state index contributed by atoms with van der Waals surface area (Å²) in [4.78, 5) is 36.4. The number of amides is 2. The zero-order valence-electron chi connectivity index (χ0n) is 15.8. The van der Waals surface area contributed by atoms with Crippen LogP contribution in [0.4, 0.5) is 4.39 Å². The Morgan fingerprint density at radius 3 is 2.04 bits per heavy atom. The quantitative estimate of drug-likeness (QED) is 0.678. The number of ether oxygens (including phenoxy) is 1. The second-order valence-electron chi connectivity index (χ2n) is 6.36. The minimum absolute atomic E-state index is 0.158. The summed E-state index contributed by atoms with van der Waals surface area (Å²) in [6.45, 7) is 1.30. The second kappa shape index (κ2) is 10.2. The summed E-state index contributed by atoms with van der Waals surface area (Å²) in [6, 6.07) is 13.0. The number of esters is 1. The smallest absolute Gasteiger partial charge is 0.328 e. The summed E-state index contributed by atoms with van der Waals surface area (Å²) in [5.74, 6) is -1.88. The fourth-order valence-corrected chi connectivity index (χ4v) is 2.77. The van der Waals surface area contributed by atoms with Gasteiger partial charge in [-0.25, -0.2) is 9.18 Å². The normalized spacial score (nSPS) is 12.5. The largest absolute Gasteiger partial charge is 0.467 e. The number of nitrogens with one attached hydrogen (secondary N) is 2. The molecule has 6 nitrogen and oxygen atoms in total. The van der Waals surface area contributed by atoms with Crippen molar-refractivity contribution in [1.82, 2.24) is 10.6 Å². The van der Waals surface area contributed by atoms with Crippen molar-refractivity contribution in [2.24, 2.45) is 0 Å². The van der Waals surface area contributed by atoms with E-state index in [0.717, 1.165) is 5.56 Å². The van der Waals surface area contributed by atoms with Gasteiger partial charge in [-0.05, 0) is 23.3 Å². The first kappa shape index (κ1) is 21.1. The highest BCUT2D eigenvalue weighted by Crippen LogP contribution is 2.08. The highest BCUT2D eigenvalue weighted by molar-refractivity contribution is 5.90. The van der Waals surface area contributed by atoms with Crippen molar-refractivity contribution < 1.29 is 23.5 Å². The third kappa shape index (κ3) is 6.50. The molecule has 0 aliphatic carbocycles. The lowest BCUT2D eigenvalue weighted by atomic mass is 10.0. The predicted molar refractivity (Wildman–Crippen MR) is 102 cm³/mol. The van der Waals surface area contributed by atoms with Gasteiger partial charge < -0.3 is 15.4 Å². The number of carbonyl (C=O) groups excluding carboxylic acids is 3. The van der Waals surface area contributed by atoms with Crippen LogP contribution >= 0.6 is 0 Å². The lowest BCUT2D eigenvalue weighted by Crippen LogP contribution is -2.53. The molecule has 7 heteroatoms. The van der Waals surface area contributed by atoms with Gasteiger partial charge in [0, 0.05) is 19.8 Å². The van der Waals surface area contributed by atoms with E-state index in [-0.39, 0.29) is 18.7 Å². The molecule has 2 atom stereocenters. The number of rotatable bonds is 8. The van der Waals surface area contributed by atoms with Crippen LogP contribution in [0.3, 0.4) is 0 Å². The van der Waals surface area contributed by atoms with Gasteiger partial charge in [0.2, 0.25) is 11.8 Å². The van der Waals surface area contributed by atoms with E-state index in [9.17, 15) is 18.8 Å². The highest BCUT2D eigenvalue weighted by Gasteiger charge is 2.27. The molecule has 0 aliphatic heterocycles. The maximum Gasteiger partial charge on any atom is 0.328 e. The van der Waals surface area contributed by atoms with E-state index in [1.165, 1.54) is 26.2 Å². The van der Waals surface area contributed by atoms with Gasteiger partial charge >= 0.3 is 5.97 Å². The summed E-state index contributed by atoms with van der Waals surface area (Å²) >= 11 is 0. The Bertz CT molecular complexity index is 809. The van der Waals surface area contributed by atoms with Crippen molar-refractivity contribution in [3.63, 3.8) is 0 Å². The summed E-state index contributed by atoms with van der Waals surface area (Å²) in [7, 11) is 1.25. The Morgan fingerprint density at radius 1 is 0.893 bits per heavy atom. The molecule has 0 fully saturated rings. The van der Waals surface area contributed by atoms with Crippen molar-refractivity contribution in [3.05, 3.63) is 71.5 Å². The molecule has 0 heterocycles. The Labute approximate surface area is 163 Å². The van der Waals surface area contributed by atoms with Gasteiger partial charge in [0.1, 0.15) is 17.9 Å². The van der Waals surface area contributed by atoms with Crippen LogP contribution in [0.25, 0.3) is 0 Å². The topological polar surface area (TPSA) is 84.5 Å². The molecular weight excluding hydrogens is 363 g/mol. The van der Waals surface area contributed by atoms with E-state index >= 15 is 0 Å². The number of halogens is 1. The molecule has 0 bridgehead atoms. The van der Waals surface area contributed by atoms with Crippen LogP contribution in [0, 0.1) is 5.82 Å². The van der Waals surface area contributed by atoms with Crippen LogP contribution < -0.4 is 10.6 Å². The van der Waals surface area contributed by atoms with E-state index in [4.69, 9.17) is 4.74 Å². The summed E-state index contributed by atoms with van der Waals surface area (Å²) in [5, 5.41) is 5.22. The van der Waals surface area contributed by atoms with Crippen LogP contribution in [0.5, 0.6) is 0 Å².